The zero-order valence-corrected chi connectivity index (χ0v) is 16.8. The van der Waals surface area contributed by atoms with Gasteiger partial charge in [0, 0.05) is 12.2 Å². The third-order valence-electron chi connectivity index (χ3n) is 5.12. The Hall–Kier alpha value is -3.04. The quantitative estimate of drug-likeness (QED) is 0.667. The molecule has 0 aliphatic carbocycles. The summed E-state index contributed by atoms with van der Waals surface area (Å²) in [5.41, 5.74) is 1.49. The van der Waals surface area contributed by atoms with Gasteiger partial charge in [0.15, 0.2) is 0 Å². The minimum Gasteiger partial charge on any atom is -0.325 e. The van der Waals surface area contributed by atoms with E-state index in [0.29, 0.717) is 22.2 Å². The first-order valence-corrected chi connectivity index (χ1v) is 10.7. The molecule has 9 heteroatoms. The fourth-order valence-corrected chi connectivity index (χ4v) is 4.89. The summed E-state index contributed by atoms with van der Waals surface area (Å²) in [4.78, 5) is 31.3. The molecule has 3 aromatic rings. The molecule has 1 aliphatic heterocycles. The molecule has 4 rings (SSSR count). The molecule has 150 valence electrons. The molecular weight excluding hydrogens is 392 g/mol. The Balaban J connectivity index is 1.69. The predicted octanol–water partition coefficient (Wildman–Crippen LogP) is 2.19. The van der Waals surface area contributed by atoms with Crippen LogP contribution in [0.2, 0.25) is 0 Å². The molecule has 1 amide bonds. The molecule has 0 radical (unpaired) electrons. The second-order valence-corrected chi connectivity index (χ2v) is 8.86. The van der Waals surface area contributed by atoms with Gasteiger partial charge >= 0.3 is 0 Å². The highest BCUT2D eigenvalue weighted by molar-refractivity contribution is 7.89. The summed E-state index contributed by atoms with van der Waals surface area (Å²) in [6, 6.07) is 11.5. The van der Waals surface area contributed by atoms with E-state index in [1.165, 1.54) is 16.4 Å². The molecule has 0 unspecified atom stereocenters. The zero-order valence-electron chi connectivity index (χ0n) is 16.0. The number of nitrogens with zero attached hydrogens (tertiary/aromatic N) is 2. The molecule has 2 heterocycles. The van der Waals surface area contributed by atoms with Crippen molar-refractivity contribution in [2.45, 2.75) is 31.2 Å². The lowest BCUT2D eigenvalue weighted by atomic mass is 10.0. The fourth-order valence-electron chi connectivity index (χ4n) is 3.45. The van der Waals surface area contributed by atoms with E-state index in [1.807, 2.05) is 0 Å². The molecule has 2 aromatic carbocycles. The number of aromatic amines is 1. The number of rotatable bonds is 5. The number of hydrogen-bond donors (Lipinski definition) is 2. The van der Waals surface area contributed by atoms with Crippen LogP contribution in [0.25, 0.3) is 10.9 Å². The Kier molecular flexibility index (Phi) is 4.71. The number of amides is 1. The Morgan fingerprint density at radius 1 is 1.14 bits per heavy atom. The third-order valence-corrected chi connectivity index (χ3v) is 7.04. The van der Waals surface area contributed by atoms with Gasteiger partial charge in [0.2, 0.25) is 15.9 Å². The number of carbonyl (C=O) groups is 1. The van der Waals surface area contributed by atoms with Crippen LogP contribution in [0.3, 0.4) is 0 Å². The highest BCUT2D eigenvalue weighted by atomic mass is 32.2. The predicted molar refractivity (Wildman–Crippen MR) is 109 cm³/mol. The Labute approximate surface area is 167 Å². The van der Waals surface area contributed by atoms with Crippen molar-refractivity contribution in [3.8, 4) is 0 Å². The highest BCUT2D eigenvalue weighted by Crippen LogP contribution is 2.34. The molecule has 1 aromatic heterocycles. The van der Waals surface area contributed by atoms with Crippen LogP contribution in [0.15, 0.2) is 52.2 Å². The number of anilines is 1. The average Bonchev–Trinajstić information content (AvgIpc) is 2.99. The first-order chi connectivity index (χ1) is 13.8. The molecule has 1 atom stereocenters. The van der Waals surface area contributed by atoms with Crippen LogP contribution >= 0.6 is 0 Å². The van der Waals surface area contributed by atoms with Crippen molar-refractivity contribution in [2.75, 3.05) is 11.9 Å². The lowest BCUT2D eigenvalue weighted by Crippen LogP contribution is -2.32. The Morgan fingerprint density at radius 3 is 2.66 bits per heavy atom. The lowest BCUT2D eigenvalue weighted by Gasteiger charge is -2.20. The van der Waals surface area contributed by atoms with E-state index in [1.54, 1.807) is 44.2 Å². The van der Waals surface area contributed by atoms with Crippen LogP contribution in [-0.2, 0) is 21.4 Å². The van der Waals surface area contributed by atoms with Gasteiger partial charge in [0.25, 0.3) is 5.56 Å². The van der Waals surface area contributed by atoms with Crippen LogP contribution in [0, 0.1) is 0 Å². The molecule has 0 saturated heterocycles. The van der Waals surface area contributed by atoms with Crippen LogP contribution < -0.4 is 10.9 Å². The number of sulfonamides is 1. The van der Waals surface area contributed by atoms with Crippen LogP contribution in [0.4, 0.5) is 5.69 Å². The van der Waals surface area contributed by atoms with E-state index >= 15 is 0 Å². The number of aromatic nitrogens is 2. The maximum atomic E-state index is 13.2. The lowest BCUT2D eigenvalue weighted by molar-refractivity contribution is -0.116. The van der Waals surface area contributed by atoms with Crippen LogP contribution in [0.5, 0.6) is 0 Å². The first kappa shape index (κ1) is 19.3. The molecule has 0 spiro atoms. The molecule has 0 bridgehead atoms. The summed E-state index contributed by atoms with van der Waals surface area (Å²) in [6.45, 7) is 3.59. The molecule has 8 nitrogen and oxygen atoms in total. The topological polar surface area (TPSA) is 112 Å². The van der Waals surface area contributed by atoms with Crippen molar-refractivity contribution in [1.29, 1.82) is 0 Å². The molecule has 0 saturated carbocycles. The van der Waals surface area contributed by atoms with Crippen molar-refractivity contribution in [3.63, 3.8) is 0 Å². The zero-order chi connectivity index (χ0) is 20.8. The van der Waals surface area contributed by atoms with E-state index in [-0.39, 0.29) is 35.3 Å². The normalized spacial score (nSPS) is 16.2. The van der Waals surface area contributed by atoms with Crippen molar-refractivity contribution in [1.82, 2.24) is 14.3 Å². The van der Waals surface area contributed by atoms with Crippen LogP contribution in [0.1, 0.15) is 31.2 Å². The number of nitrogens with one attached hydrogen (secondary N) is 2. The number of benzene rings is 2. The van der Waals surface area contributed by atoms with Gasteiger partial charge in [0.1, 0.15) is 5.82 Å². The van der Waals surface area contributed by atoms with Gasteiger partial charge < -0.3 is 10.3 Å². The molecule has 0 fully saturated rings. The van der Waals surface area contributed by atoms with Gasteiger partial charge in [0.05, 0.1) is 28.3 Å². The largest absolute Gasteiger partial charge is 0.325 e. The number of para-hydroxylation sites is 1. The van der Waals surface area contributed by atoms with Gasteiger partial charge in [-0.15, -0.1) is 0 Å². The molecule has 2 N–H and O–H groups in total. The minimum absolute atomic E-state index is 0.0667. The number of fused-ring (bicyclic) bond motifs is 2. The minimum atomic E-state index is -3.85. The number of H-pyrrole nitrogens is 1. The van der Waals surface area contributed by atoms with Gasteiger partial charge in [-0.05, 0) is 42.8 Å². The van der Waals surface area contributed by atoms with Gasteiger partial charge in [-0.1, -0.05) is 19.1 Å². The SMILES string of the molecule is CCN(Cc1nc2ccccc2c(=O)[nH]1)S(=O)(=O)c1ccc2c(c1)[C@@H](C)C(=O)N2. The average molecular weight is 412 g/mol. The first-order valence-electron chi connectivity index (χ1n) is 9.24. The second-order valence-electron chi connectivity index (χ2n) is 6.92. The monoisotopic (exact) mass is 412 g/mol. The van der Waals surface area contributed by atoms with Gasteiger partial charge in [-0.25, -0.2) is 13.4 Å². The third kappa shape index (κ3) is 3.32. The maximum Gasteiger partial charge on any atom is 0.258 e. The van der Waals surface area contributed by atoms with Crippen molar-refractivity contribution >= 4 is 32.5 Å². The summed E-state index contributed by atoms with van der Waals surface area (Å²) < 4.78 is 27.7. The molecule has 29 heavy (non-hydrogen) atoms. The summed E-state index contributed by atoms with van der Waals surface area (Å²) in [7, 11) is -3.85. The molecule has 1 aliphatic rings. The summed E-state index contributed by atoms with van der Waals surface area (Å²) in [6.07, 6.45) is 0. The van der Waals surface area contributed by atoms with E-state index in [2.05, 4.69) is 15.3 Å². The number of hydrogen-bond acceptors (Lipinski definition) is 5. The summed E-state index contributed by atoms with van der Waals surface area (Å²) >= 11 is 0. The van der Waals surface area contributed by atoms with E-state index < -0.39 is 15.9 Å². The smallest absolute Gasteiger partial charge is 0.258 e. The number of carbonyl (C=O) groups excluding carboxylic acids is 1. The molecular formula is C20H20N4O4S. The maximum absolute atomic E-state index is 13.2. The Morgan fingerprint density at radius 2 is 1.90 bits per heavy atom. The van der Waals surface area contributed by atoms with Gasteiger partial charge in [-0.3, -0.25) is 9.59 Å². The summed E-state index contributed by atoms with van der Waals surface area (Å²) in [5.74, 6) is -0.293. The van der Waals surface area contributed by atoms with E-state index in [9.17, 15) is 18.0 Å². The summed E-state index contributed by atoms with van der Waals surface area (Å²) in [5, 5.41) is 3.19. The van der Waals surface area contributed by atoms with Crippen molar-refractivity contribution < 1.29 is 13.2 Å². The second kappa shape index (κ2) is 7.09. The van der Waals surface area contributed by atoms with Gasteiger partial charge in [-0.2, -0.15) is 4.31 Å². The van der Waals surface area contributed by atoms with Crippen molar-refractivity contribution in [3.05, 3.63) is 64.2 Å². The van der Waals surface area contributed by atoms with Crippen LogP contribution in [-0.4, -0.2) is 35.1 Å². The van der Waals surface area contributed by atoms with Crippen molar-refractivity contribution in [2.24, 2.45) is 0 Å². The van der Waals surface area contributed by atoms with E-state index in [0.717, 1.165) is 0 Å². The fraction of sp³-hybridized carbons (Fsp3) is 0.250. The Bertz CT molecular complexity index is 1280. The van der Waals surface area contributed by atoms with E-state index in [4.69, 9.17) is 0 Å². The highest BCUT2D eigenvalue weighted by Gasteiger charge is 2.30. The standard InChI is InChI=1S/C20H20N4O4S/c1-3-24(11-18-21-16-7-5-4-6-14(16)20(26)23-18)29(27,28)13-8-9-17-15(10-13)12(2)19(25)22-17/h4-10,12H,3,11H2,1-2H3,(H,22,25)(H,21,23,26)/t12-/m1/s1.